The third kappa shape index (κ3) is 5.77. The summed E-state index contributed by atoms with van der Waals surface area (Å²) in [5.74, 6) is 0.705. The van der Waals surface area contributed by atoms with Gasteiger partial charge in [0.15, 0.2) is 0 Å². The Kier molecular flexibility index (Phi) is 7.02. The summed E-state index contributed by atoms with van der Waals surface area (Å²) in [7, 11) is 0. The second-order valence-electron chi connectivity index (χ2n) is 8.12. The molecular formula is C25H27FN4O3. The number of likely N-dealkylation sites (tertiary alicyclic amines) is 1. The molecule has 33 heavy (non-hydrogen) atoms. The number of benzene rings is 2. The Bertz CT molecular complexity index is 1090. The first-order valence-electron chi connectivity index (χ1n) is 11.1. The molecule has 0 atom stereocenters. The van der Waals surface area contributed by atoms with Crippen molar-refractivity contribution in [2.24, 2.45) is 5.92 Å². The molecule has 1 aliphatic rings. The molecule has 172 valence electrons. The van der Waals surface area contributed by atoms with E-state index in [9.17, 15) is 14.0 Å². The highest BCUT2D eigenvalue weighted by Gasteiger charge is 2.28. The van der Waals surface area contributed by atoms with Gasteiger partial charge in [0, 0.05) is 25.1 Å². The van der Waals surface area contributed by atoms with Crippen LogP contribution >= 0.6 is 0 Å². The lowest BCUT2D eigenvalue weighted by Crippen LogP contribution is -2.42. The van der Waals surface area contributed by atoms with Crippen molar-refractivity contribution in [3.05, 3.63) is 72.2 Å². The largest absolute Gasteiger partial charge is 0.493 e. The molecule has 4 rings (SSSR count). The number of piperidine rings is 1. The summed E-state index contributed by atoms with van der Waals surface area (Å²) in [6.07, 6.45) is 1.50. The van der Waals surface area contributed by atoms with E-state index in [0.29, 0.717) is 50.5 Å². The van der Waals surface area contributed by atoms with Crippen LogP contribution in [0.5, 0.6) is 5.75 Å². The van der Waals surface area contributed by atoms with E-state index in [-0.39, 0.29) is 23.5 Å². The Morgan fingerprint density at radius 2 is 1.79 bits per heavy atom. The van der Waals surface area contributed by atoms with Crippen LogP contribution in [0.2, 0.25) is 0 Å². The summed E-state index contributed by atoms with van der Waals surface area (Å²) in [4.78, 5) is 27.2. The molecule has 0 aliphatic carbocycles. The van der Waals surface area contributed by atoms with Gasteiger partial charge >= 0.3 is 0 Å². The van der Waals surface area contributed by atoms with Crippen molar-refractivity contribution < 1.29 is 18.7 Å². The number of aryl methyl sites for hydroxylation is 1. The zero-order chi connectivity index (χ0) is 23.2. The predicted octanol–water partition coefficient (Wildman–Crippen LogP) is 3.97. The van der Waals surface area contributed by atoms with Gasteiger partial charge in [0.1, 0.15) is 17.4 Å². The summed E-state index contributed by atoms with van der Waals surface area (Å²) in [5, 5.41) is 7.36. The van der Waals surface area contributed by atoms with E-state index in [4.69, 9.17) is 4.74 Å². The highest BCUT2D eigenvalue weighted by Crippen LogP contribution is 2.22. The fourth-order valence-electron chi connectivity index (χ4n) is 3.92. The zero-order valence-electron chi connectivity index (χ0n) is 18.5. The quantitative estimate of drug-likeness (QED) is 0.591. The van der Waals surface area contributed by atoms with Crippen LogP contribution in [0.4, 0.5) is 10.2 Å². The number of halogens is 1. The minimum atomic E-state index is -0.332. The lowest BCUT2D eigenvalue weighted by Gasteiger charge is -2.31. The number of para-hydroxylation sites is 1. The summed E-state index contributed by atoms with van der Waals surface area (Å²) in [5.41, 5.74) is 1.41. The van der Waals surface area contributed by atoms with E-state index in [2.05, 4.69) is 10.4 Å². The monoisotopic (exact) mass is 450 g/mol. The third-order valence-electron chi connectivity index (χ3n) is 5.70. The van der Waals surface area contributed by atoms with Crippen LogP contribution in [0.15, 0.2) is 60.7 Å². The molecule has 2 aromatic carbocycles. The molecule has 8 heteroatoms. The van der Waals surface area contributed by atoms with Crippen LogP contribution in [-0.4, -0.2) is 46.2 Å². The molecule has 1 aromatic heterocycles. The second kappa shape index (κ2) is 10.3. The molecule has 2 heterocycles. The van der Waals surface area contributed by atoms with Gasteiger partial charge in [0.05, 0.1) is 24.4 Å². The number of ether oxygens (including phenoxy) is 1. The average Bonchev–Trinajstić information content (AvgIpc) is 3.20. The minimum Gasteiger partial charge on any atom is -0.493 e. The summed E-state index contributed by atoms with van der Waals surface area (Å²) in [6, 6.07) is 17.1. The van der Waals surface area contributed by atoms with Crippen molar-refractivity contribution in [2.75, 3.05) is 25.0 Å². The van der Waals surface area contributed by atoms with E-state index in [1.165, 1.54) is 12.1 Å². The van der Waals surface area contributed by atoms with Gasteiger partial charge in [-0.2, -0.15) is 5.10 Å². The van der Waals surface area contributed by atoms with Crippen LogP contribution in [0, 0.1) is 18.7 Å². The molecule has 0 unspecified atom stereocenters. The Balaban J connectivity index is 1.27. The number of hydrogen-bond donors (Lipinski definition) is 1. The second-order valence-corrected chi connectivity index (χ2v) is 8.12. The van der Waals surface area contributed by atoms with Crippen LogP contribution in [-0.2, 0) is 9.59 Å². The minimum absolute atomic E-state index is 0.0369. The van der Waals surface area contributed by atoms with E-state index < -0.39 is 0 Å². The van der Waals surface area contributed by atoms with Crippen molar-refractivity contribution in [3.63, 3.8) is 0 Å². The molecule has 2 amide bonds. The third-order valence-corrected chi connectivity index (χ3v) is 5.70. The molecule has 1 N–H and O–H groups in total. The van der Waals surface area contributed by atoms with Crippen LogP contribution in [0.3, 0.4) is 0 Å². The molecule has 3 aromatic rings. The van der Waals surface area contributed by atoms with Crippen molar-refractivity contribution in [1.82, 2.24) is 14.7 Å². The van der Waals surface area contributed by atoms with Gasteiger partial charge in [0.2, 0.25) is 11.8 Å². The number of rotatable bonds is 7. The lowest BCUT2D eigenvalue weighted by molar-refractivity contribution is -0.135. The van der Waals surface area contributed by atoms with Gasteiger partial charge < -0.3 is 15.0 Å². The molecule has 0 spiro atoms. The SMILES string of the molecule is Cc1cc(NC(=O)C2CCN(C(=O)CCOc3ccccc3)CC2)n(-c2ccc(F)cc2)n1. The first-order chi connectivity index (χ1) is 16.0. The molecular weight excluding hydrogens is 423 g/mol. The van der Waals surface area contributed by atoms with Gasteiger partial charge in [-0.15, -0.1) is 0 Å². The van der Waals surface area contributed by atoms with Crippen LogP contribution in [0.25, 0.3) is 5.69 Å². The summed E-state index contributed by atoms with van der Waals surface area (Å²) >= 11 is 0. The Labute approximate surface area is 192 Å². The molecule has 1 fully saturated rings. The first-order valence-corrected chi connectivity index (χ1v) is 11.1. The van der Waals surface area contributed by atoms with Crippen LogP contribution < -0.4 is 10.1 Å². The van der Waals surface area contributed by atoms with Crippen molar-refractivity contribution in [1.29, 1.82) is 0 Å². The Morgan fingerprint density at radius 3 is 2.48 bits per heavy atom. The number of carbonyl (C=O) groups excluding carboxylic acids is 2. The summed E-state index contributed by atoms with van der Waals surface area (Å²) < 4.78 is 20.5. The molecule has 0 bridgehead atoms. The zero-order valence-corrected chi connectivity index (χ0v) is 18.5. The Hall–Kier alpha value is -3.68. The average molecular weight is 451 g/mol. The number of amides is 2. The number of nitrogens with one attached hydrogen (secondary N) is 1. The molecule has 1 saturated heterocycles. The van der Waals surface area contributed by atoms with E-state index in [1.807, 2.05) is 37.3 Å². The Morgan fingerprint density at radius 1 is 1.09 bits per heavy atom. The molecule has 0 saturated carbocycles. The van der Waals surface area contributed by atoms with E-state index in [0.717, 1.165) is 11.4 Å². The maximum atomic E-state index is 13.3. The number of nitrogens with zero attached hydrogens (tertiary/aromatic N) is 3. The number of carbonyl (C=O) groups is 2. The molecule has 0 radical (unpaired) electrons. The highest BCUT2D eigenvalue weighted by molar-refractivity contribution is 5.92. The van der Waals surface area contributed by atoms with Gasteiger partial charge in [-0.3, -0.25) is 9.59 Å². The van der Waals surface area contributed by atoms with Crippen molar-refractivity contribution >= 4 is 17.6 Å². The number of anilines is 1. The first kappa shape index (κ1) is 22.5. The normalized spacial score (nSPS) is 14.2. The van der Waals surface area contributed by atoms with Gasteiger partial charge in [-0.25, -0.2) is 9.07 Å². The maximum Gasteiger partial charge on any atom is 0.228 e. The summed E-state index contributed by atoms with van der Waals surface area (Å²) in [6.45, 7) is 3.24. The predicted molar refractivity (Wildman–Crippen MR) is 123 cm³/mol. The van der Waals surface area contributed by atoms with Crippen molar-refractivity contribution in [3.8, 4) is 11.4 Å². The fourth-order valence-corrected chi connectivity index (χ4v) is 3.92. The molecule has 7 nitrogen and oxygen atoms in total. The highest BCUT2D eigenvalue weighted by atomic mass is 19.1. The van der Waals surface area contributed by atoms with E-state index in [1.54, 1.807) is 27.8 Å². The van der Waals surface area contributed by atoms with Gasteiger partial charge in [-0.1, -0.05) is 18.2 Å². The number of hydrogen-bond acceptors (Lipinski definition) is 4. The maximum absolute atomic E-state index is 13.3. The number of aromatic nitrogens is 2. The smallest absolute Gasteiger partial charge is 0.228 e. The topological polar surface area (TPSA) is 76.5 Å². The lowest BCUT2D eigenvalue weighted by atomic mass is 9.95. The fraction of sp³-hybridized carbons (Fsp3) is 0.320. The van der Waals surface area contributed by atoms with E-state index >= 15 is 0 Å². The van der Waals surface area contributed by atoms with Gasteiger partial charge in [-0.05, 0) is 56.2 Å². The molecule has 1 aliphatic heterocycles. The van der Waals surface area contributed by atoms with Gasteiger partial charge in [0.25, 0.3) is 0 Å². The van der Waals surface area contributed by atoms with Crippen LogP contribution in [0.1, 0.15) is 25.0 Å². The van der Waals surface area contributed by atoms with Crippen molar-refractivity contribution in [2.45, 2.75) is 26.2 Å². The standard InChI is InChI=1S/C25H27FN4O3/c1-18-17-23(30(28-18)21-9-7-20(26)8-10-21)27-25(32)19-11-14-29(15-12-19)24(31)13-16-33-22-5-3-2-4-6-22/h2-10,17,19H,11-16H2,1H3,(H,27,32).